The molecule has 4 aromatic rings. The molecule has 6 heteroatoms. The molecule has 0 fully saturated rings. The summed E-state index contributed by atoms with van der Waals surface area (Å²) in [4.78, 5) is 0. The summed E-state index contributed by atoms with van der Waals surface area (Å²) in [6.07, 6.45) is 0. The molecule has 0 aliphatic carbocycles. The van der Waals surface area contributed by atoms with Crippen molar-refractivity contribution in [2.75, 3.05) is 28.4 Å². The first-order chi connectivity index (χ1) is 17.7. The van der Waals surface area contributed by atoms with Crippen LogP contribution in [0.3, 0.4) is 0 Å². The van der Waals surface area contributed by atoms with Gasteiger partial charge in [0.2, 0.25) is 0 Å². The van der Waals surface area contributed by atoms with Crippen molar-refractivity contribution >= 4 is 39.2 Å². The van der Waals surface area contributed by atoms with E-state index in [4.69, 9.17) is 27.5 Å². The van der Waals surface area contributed by atoms with Crippen molar-refractivity contribution in [3.8, 4) is 23.0 Å². The van der Waals surface area contributed by atoms with Crippen molar-refractivity contribution in [3.63, 3.8) is 0 Å². The van der Waals surface area contributed by atoms with Crippen molar-refractivity contribution in [2.45, 2.75) is 20.8 Å². The Hall–Kier alpha value is -2.75. The predicted molar refractivity (Wildman–Crippen MR) is 156 cm³/mol. The quantitative estimate of drug-likeness (QED) is 0.248. The van der Waals surface area contributed by atoms with Crippen molar-refractivity contribution < 1.29 is 18.9 Å². The van der Waals surface area contributed by atoms with Crippen LogP contribution in [-0.4, -0.2) is 46.0 Å². The maximum absolute atomic E-state index is 8.74. The molecule has 0 radical (unpaired) electrons. The molecule has 0 spiro atoms. The van der Waals surface area contributed by atoms with Gasteiger partial charge in [-0.3, -0.25) is 0 Å². The zero-order chi connectivity index (χ0) is 26.8. The van der Waals surface area contributed by atoms with Crippen LogP contribution in [0.1, 0.15) is 16.7 Å². The number of benzene rings is 4. The van der Waals surface area contributed by atoms with Crippen LogP contribution in [0.2, 0.25) is 0 Å². The summed E-state index contributed by atoms with van der Waals surface area (Å²) in [6, 6.07) is 26.7. The molecule has 194 valence electrons. The topological polar surface area (TPSA) is 36.9 Å². The molecule has 0 aliphatic heterocycles. The van der Waals surface area contributed by atoms with E-state index < -0.39 is 17.6 Å². The van der Waals surface area contributed by atoms with Crippen LogP contribution < -0.4 is 32.0 Å². The Morgan fingerprint density at radius 2 is 0.784 bits per heavy atom. The fourth-order valence-electron chi connectivity index (χ4n) is 5.14. The van der Waals surface area contributed by atoms with Gasteiger partial charge in [-0.1, -0.05) is 0 Å². The summed E-state index contributed by atoms with van der Waals surface area (Å²) in [5.74, 6) is 2.85. The van der Waals surface area contributed by atoms with E-state index in [0.29, 0.717) is 23.0 Å². The summed E-state index contributed by atoms with van der Waals surface area (Å²) in [6.45, 7) is 6.22. The third-order valence-corrected chi connectivity index (χ3v) is 32.9. The normalized spacial score (nSPS) is 12.4. The Kier molecular flexibility index (Phi) is 7.78. The van der Waals surface area contributed by atoms with Crippen molar-refractivity contribution in [1.82, 2.24) is 0 Å². The van der Waals surface area contributed by atoms with Gasteiger partial charge in [-0.2, -0.15) is 0 Å². The molecule has 4 nitrogen and oxygen atoms in total. The first kappa shape index (κ1) is 27.3. The molecule has 0 bridgehead atoms. The SMILES string of the molecule is COc1cccc[c]1[Bi]([Cl])([c]1cc(C)ccc1OC)([c]1cc(C)ccc1OC)[c]1cc(C)ccc1OC. The van der Waals surface area contributed by atoms with Crippen molar-refractivity contribution in [3.05, 3.63) is 95.6 Å². The Morgan fingerprint density at radius 3 is 1.14 bits per heavy atom. The fourth-order valence-corrected chi connectivity index (χ4v) is 31.5. The van der Waals surface area contributed by atoms with E-state index in [1.165, 1.54) is 0 Å². The van der Waals surface area contributed by atoms with E-state index in [9.17, 15) is 0 Å². The second kappa shape index (κ2) is 10.6. The van der Waals surface area contributed by atoms with Gasteiger partial charge < -0.3 is 0 Å². The molecule has 0 saturated carbocycles. The maximum atomic E-state index is 8.74. The molecule has 0 heterocycles. The molecule has 37 heavy (non-hydrogen) atoms. The Balaban J connectivity index is 2.47. The van der Waals surface area contributed by atoms with Crippen LogP contribution in [0.25, 0.3) is 0 Å². The molecular formula is C31H34BiClO4. The average molecular weight is 715 g/mol. The molecule has 0 aromatic heterocycles. The van der Waals surface area contributed by atoms with Gasteiger partial charge in [-0.15, -0.1) is 0 Å². The second-order valence-corrected chi connectivity index (χ2v) is 30.5. The number of para-hydroxylation sites is 1. The molecule has 4 rings (SSSR count). The molecule has 0 amide bonds. The van der Waals surface area contributed by atoms with Gasteiger partial charge >= 0.3 is 226 Å². The third kappa shape index (κ3) is 4.27. The second-order valence-electron chi connectivity index (χ2n) is 9.21. The standard InChI is InChI=1S/3C8H9O.C7H7O.Bi.ClH/c3*1-7-3-5-8(9-2)6-4-7;1-8-7-5-3-2-4-6-7;;/h3*3-5H,1-2H3;2-5H,1H3;;1H/q;;;;+1;/p-1. The minimum atomic E-state index is -5.67. The number of methoxy groups -OCH3 is 4. The molecule has 0 N–H and O–H groups in total. The Morgan fingerprint density at radius 1 is 0.459 bits per heavy atom. The van der Waals surface area contributed by atoms with E-state index in [1.54, 1.807) is 28.4 Å². The van der Waals surface area contributed by atoms with Gasteiger partial charge in [-0.05, 0) is 0 Å². The molecule has 0 saturated heterocycles. The van der Waals surface area contributed by atoms with Crippen LogP contribution in [-0.2, 0) is 0 Å². The first-order valence-corrected chi connectivity index (χ1v) is 23.3. The molecule has 4 aromatic carbocycles. The molecule has 0 atom stereocenters. The van der Waals surface area contributed by atoms with Crippen LogP contribution in [0.4, 0.5) is 0 Å². The van der Waals surface area contributed by atoms with E-state index in [2.05, 4.69) is 45.0 Å². The summed E-state index contributed by atoms with van der Waals surface area (Å²) in [5, 5.41) is 0. The van der Waals surface area contributed by atoms with E-state index >= 15 is 0 Å². The van der Waals surface area contributed by atoms with Crippen LogP contribution >= 0.6 is 8.51 Å². The number of ether oxygens (including phenoxy) is 4. The predicted octanol–water partition coefficient (Wildman–Crippen LogP) is 4.71. The molecule has 0 aliphatic rings. The number of hydrogen-bond donors (Lipinski definition) is 0. The Labute approximate surface area is 224 Å². The molecule has 0 unspecified atom stereocenters. The number of rotatable bonds is 8. The van der Waals surface area contributed by atoms with E-state index in [0.717, 1.165) is 29.8 Å². The number of aryl methyl sites for hydroxylation is 3. The average Bonchev–Trinajstić information content (AvgIpc) is 2.92. The van der Waals surface area contributed by atoms with Gasteiger partial charge in [0.05, 0.1) is 0 Å². The van der Waals surface area contributed by atoms with E-state index in [-0.39, 0.29) is 0 Å². The van der Waals surface area contributed by atoms with Gasteiger partial charge in [-0.25, -0.2) is 0 Å². The van der Waals surface area contributed by atoms with Gasteiger partial charge in [0, 0.05) is 0 Å². The van der Waals surface area contributed by atoms with Gasteiger partial charge in [0.25, 0.3) is 0 Å². The monoisotopic (exact) mass is 714 g/mol. The third-order valence-electron chi connectivity index (χ3n) is 6.90. The zero-order valence-electron chi connectivity index (χ0n) is 22.5. The van der Waals surface area contributed by atoms with Crippen LogP contribution in [0, 0.1) is 20.8 Å². The van der Waals surface area contributed by atoms with Crippen LogP contribution in [0.5, 0.6) is 23.0 Å². The summed E-state index contributed by atoms with van der Waals surface area (Å²) >= 11 is -5.67. The number of hydrogen-bond acceptors (Lipinski definition) is 4. The minimum absolute atomic E-state index is 0.709. The first-order valence-electron chi connectivity index (χ1n) is 12.1. The van der Waals surface area contributed by atoms with Gasteiger partial charge in [0.1, 0.15) is 0 Å². The van der Waals surface area contributed by atoms with Crippen molar-refractivity contribution in [2.24, 2.45) is 0 Å². The van der Waals surface area contributed by atoms with Crippen molar-refractivity contribution in [1.29, 1.82) is 0 Å². The van der Waals surface area contributed by atoms with E-state index in [1.807, 2.05) is 54.6 Å². The van der Waals surface area contributed by atoms with Gasteiger partial charge in [0.15, 0.2) is 0 Å². The van der Waals surface area contributed by atoms with Crippen LogP contribution in [0.15, 0.2) is 78.9 Å². The summed E-state index contributed by atoms with van der Waals surface area (Å²) < 4.78 is 28.0. The molecular weight excluding hydrogens is 681 g/mol. The zero-order valence-corrected chi connectivity index (χ0v) is 26.7. The summed E-state index contributed by atoms with van der Waals surface area (Å²) in [7, 11) is 15.5. The number of halogens is 1. The Bertz CT molecular complexity index is 1320. The fraction of sp³-hybridized carbons (Fsp3) is 0.226. The summed E-state index contributed by atoms with van der Waals surface area (Å²) in [5.41, 5.74) is 3.23.